The third kappa shape index (κ3) is 10.6. The first-order valence-corrected chi connectivity index (χ1v) is 11.3. The van der Waals surface area contributed by atoms with Crippen LogP contribution in [0.2, 0.25) is 0 Å². The van der Waals surface area contributed by atoms with Gasteiger partial charge >= 0.3 is 26.2 Å². The average molecular weight is 607 g/mol. The van der Waals surface area contributed by atoms with Crippen LogP contribution in [0.5, 0.6) is 0 Å². The normalized spacial score (nSPS) is 10.5. The Kier molecular flexibility index (Phi) is 16.5. The van der Waals surface area contributed by atoms with Gasteiger partial charge in [-0.25, -0.2) is 0 Å². The average Bonchev–Trinajstić information content (AvgIpc) is 2.56. The van der Waals surface area contributed by atoms with Gasteiger partial charge in [-0.2, -0.15) is 0 Å². The van der Waals surface area contributed by atoms with Gasteiger partial charge in [0.15, 0.2) is 0 Å². The van der Waals surface area contributed by atoms with Gasteiger partial charge in [0.05, 0.1) is 0 Å². The molecule has 0 saturated heterocycles. The maximum absolute atomic E-state index is 5.53. The minimum atomic E-state index is 0. The summed E-state index contributed by atoms with van der Waals surface area (Å²) in [5.74, 6) is 0. The van der Waals surface area contributed by atoms with Gasteiger partial charge in [0.1, 0.15) is 0 Å². The fourth-order valence-electron chi connectivity index (χ4n) is 3.29. The first-order chi connectivity index (χ1) is 13.5. The van der Waals surface area contributed by atoms with Gasteiger partial charge in [-0.15, -0.1) is 9.79 Å². The van der Waals surface area contributed by atoms with Crippen LogP contribution in [-0.2, 0) is 62.3 Å². The Bertz CT molecular complexity index is 814. The van der Waals surface area contributed by atoms with Crippen LogP contribution >= 0.6 is 0 Å². The maximum Gasteiger partial charge on any atom is 4.00 e. The largest absolute Gasteiger partial charge is 4.00 e. The third-order valence-corrected chi connectivity index (χ3v) is 5.87. The van der Waals surface area contributed by atoms with Crippen molar-refractivity contribution in [2.24, 2.45) is 0 Å². The first-order valence-electron chi connectivity index (χ1n) is 10.5. The molecule has 2 rings (SSSR count). The predicted octanol–water partition coefficient (Wildman–Crippen LogP) is 0.534. The molecule has 0 N–H and O–H groups in total. The van der Waals surface area contributed by atoms with Crippen molar-refractivity contribution in [3.63, 3.8) is 0 Å². The second kappa shape index (κ2) is 14.5. The molecule has 0 spiro atoms. The molecule has 0 amide bonds. The molecule has 33 heavy (non-hydrogen) atoms. The van der Waals surface area contributed by atoms with E-state index in [4.69, 9.17) is 25.3 Å². The van der Waals surface area contributed by atoms with Gasteiger partial charge in [0.2, 0.25) is 0 Å². The van der Waals surface area contributed by atoms with Gasteiger partial charge in [0, 0.05) is 39.6 Å². The fraction of sp³-hybridized carbons (Fsp3) is 0.538. The summed E-state index contributed by atoms with van der Waals surface area (Å²) in [7, 11) is 8.15. The molecule has 0 aliphatic carbocycles. The van der Waals surface area contributed by atoms with Crippen molar-refractivity contribution >= 4 is 36.6 Å². The quantitative estimate of drug-likeness (QED) is 0.461. The van der Waals surface area contributed by atoms with Crippen LogP contribution in [0.3, 0.4) is 0 Å². The van der Waals surface area contributed by atoms with Crippen molar-refractivity contribution in [2.45, 2.75) is 76.0 Å². The number of rotatable bonds is 2. The van der Waals surface area contributed by atoms with Crippen LogP contribution in [0, 0.1) is 13.8 Å². The van der Waals surface area contributed by atoms with Gasteiger partial charge in [-0.3, -0.25) is 0 Å². The molecule has 0 saturated carbocycles. The van der Waals surface area contributed by atoms with Crippen molar-refractivity contribution in [2.75, 3.05) is 38.0 Å². The molecule has 2 aromatic carbocycles. The minimum Gasteiger partial charge on any atom is -1.00 e. The molecule has 184 valence electrons. The fourth-order valence-corrected chi connectivity index (χ4v) is 4.50. The zero-order valence-corrected chi connectivity index (χ0v) is 27.9. The molecule has 2 nitrogen and oxygen atoms in total. The molecule has 0 radical (unpaired) electrons. The molecule has 2 aromatic rings. The van der Waals surface area contributed by atoms with E-state index in [-0.39, 0.29) is 61.8 Å². The molecule has 0 atom stereocenters. The van der Waals surface area contributed by atoms with Gasteiger partial charge in [-0.05, 0) is 47.9 Å². The summed E-state index contributed by atoms with van der Waals surface area (Å²) < 4.78 is 0. The van der Waals surface area contributed by atoms with Gasteiger partial charge in [0.25, 0.3) is 0 Å². The van der Waals surface area contributed by atoms with Crippen LogP contribution in [-0.4, -0.2) is 28.2 Å². The second-order valence-electron chi connectivity index (χ2n) is 10.6. The van der Waals surface area contributed by atoms with Crippen LogP contribution in [0.4, 0.5) is 11.4 Å². The SMILES string of the molecule is Cc1cc(N(C)C)c([S-])c(C(C)(C)C)c1.Cc1cc(N(C)C)c([S-])c(C(C)(C)C)c1.[Cl-].[Cl-].[Zr+4]. The van der Waals surface area contributed by atoms with Crippen molar-refractivity contribution < 1.29 is 51.0 Å². The van der Waals surface area contributed by atoms with Crippen molar-refractivity contribution in [1.29, 1.82) is 0 Å². The van der Waals surface area contributed by atoms with Crippen molar-refractivity contribution in [1.82, 2.24) is 0 Å². The summed E-state index contributed by atoms with van der Waals surface area (Å²) >= 11 is 11.1. The molecular formula is C26H40Cl2N2S2Zr. The molecule has 0 bridgehead atoms. The summed E-state index contributed by atoms with van der Waals surface area (Å²) in [5, 5.41) is 0. The topological polar surface area (TPSA) is 6.48 Å². The summed E-state index contributed by atoms with van der Waals surface area (Å²) in [6.45, 7) is 17.5. The molecule has 0 aromatic heterocycles. The van der Waals surface area contributed by atoms with Crippen molar-refractivity contribution in [3.8, 4) is 0 Å². The number of benzene rings is 2. The van der Waals surface area contributed by atoms with Crippen LogP contribution in [0.15, 0.2) is 34.1 Å². The Labute approximate surface area is 246 Å². The zero-order chi connectivity index (χ0) is 23.6. The Morgan fingerprint density at radius 1 is 0.576 bits per heavy atom. The van der Waals surface area contributed by atoms with Crippen LogP contribution in [0.1, 0.15) is 63.8 Å². The number of hydrogen-bond acceptors (Lipinski definition) is 4. The number of anilines is 2. The molecule has 0 aliphatic rings. The van der Waals surface area contributed by atoms with E-state index in [1.807, 2.05) is 28.2 Å². The Morgan fingerprint density at radius 2 is 0.818 bits per heavy atom. The van der Waals surface area contributed by atoms with E-state index in [0.29, 0.717) is 0 Å². The minimum absolute atomic E-state index is 0. The molecule has 0 unspecified atom stereocenters. The second-order valence-corrected chi connectivity index (χ2v) is 11.4. The van der Waals surface area contributed by atoms with E-state index in [1.54, 1.807) is 0 Å². The van der Waals surface area contributed by atoms with E-state index in [2.05, 4.69) is 89.5 Å². The summed E-state index contributed by atoms with van der Waals surface area (Å²) in [6, 6.07) is 8.71. The molecular weight excluding hydrogens is 567 g/mol. The molecule has 0 heterocycles. The van der Waals surface area contributed by atoms with Crippen LogP contribution < -0.4 is 34.6 Å². The third-order valence-electron chi connectivity index (χ3n) is 5.01. The number of nitrogens with zero attached hydrogens (tertiary/aromatic N) is 2. The summed E-state index contributed by atoms with van der Waals surface area (Å²) in [4.78, 5) is 6.14. The van der Waals surface area contributed by atoms with E-state index in [9.17, 15) is 0 Å². The standard InChI is InChI=1S/2C13H21NS.2ClH.Zr/c2*1-9-7-10(13(2,3)4)12(15)11(8-9)14(5)6;;;/h2*7-8,15H,1-6H3;2*1H;/q;;;;+4/p-4. The molecule has 0 aliphatic heterocycles. The van der Waals surface area contributed by atoms with Crippen molar-refractivity contribution in [3.05, 3.63) is 46.5 Å². The van der Waals surface area contributed by atoms with Gasteiger partial charge < -0.3 is 59.9 Å². The predicted molar refractivity (Wildman–Crippen MR) is 140 cm³/mol. The number of aryl methyl sites for hydroxylation is 2. The Morgan fingerprint density at radius 3 is 1.00 bits per heavy atom. The van der Waals surface area contributed by atoms with Gasteiger partial charge in [-0.1, -0.05) is 64.8 Å². The summed E-state index contributed by atoms with van der Waals surface area (Å²) in [6.07, 6.45) is 0. The van der Waals surface area contributed by atoms with E-state index in [0.717, 1.165) is 21.2 Å². The van der Waals surface area contributed by atoms with E-state index < -0.39 is 0 Å². The molecule has 0 fully saturated rings. The Hall–Kier alpha value is -0.0569. The number of hydrogen-bond donors (Lipinski definition) is 0. The van der Waals surface area contributed by atoms with Crippen LogP contribution in [0.25, 0.3) is 0 Å². The van der Waals surface area contributed by atoms with E-state index >= 15 is 0 Å². The smallest absolute Gasteiger partial charge is 1.00 e. The Balaban J connectivity index is -0.000000500. The monoisotopic (exact) mass is 604 g/mol. The zero-order valence-electron chi connectivity index (χ0n) is 22.3. The first kappa shape index (κ1) is 37.5. The summed E-state index contributed by atoms with van der Waals surface area (Å²) in [5.41, 5.74) is 7.61. The molecule has 7 heteroatoms. The van der Waals surface area contributed by atoms with E-state index in [1.165, 1.54) is 22.3 Å². The number of halogens is 2. The maximum atomic E-state index is 5.53.